The quantitative estimate of drug-likeness (QED) is 0.0781. The minimum Gasteiger partial charge on any atom is -0.508 e. The summed E-state index contributed by atoms with van der Waals surface area (Å²) in [7, 11) is 0. The number of piperidine rings is 1. The number of primary amides is 1. The molecule has 3 aliphatic rings. The Morgan fingerprint density at radius 1 is 0.604 bits per heavy atom. The smallest absolute Gasteiger partial charge is 0.246 e. The number of aromatic amines is 2. The zero-order valence-corrected chi connectivity index (χ0v) is 55.4. The normalized spacial score (nSPS) is 24.2. The van der Waals surface area contributed by atoms with Crippen LogP contribution in [0.2, 0.25) is 0 Å². The van der Waals surface area contributed by atoms with Crippen LogP contribution >= 0.6 is 23.5 Å². The number of aromatic hydroxyl groups is 1. The number of thioether (sulfide) groups is 2. The van der Waals surface area contributed by atoms with Crippen molar-refractivity contribution in [1.82, 2.24) is 51.7 Å². The summed E-state index contributed by atoms with van der Waals surface area (Å²) in [6.45, 7) is 3.36. The molecule has 512 valence electrons. The topological polar surface area (TPSA) is 353 Å². The maximum Gasteiger partial charge on any atom is 0.246 e. The van der Waals surface area contributed by atoms with E-state index < -0.39 is 131 Å². The number of benzene rings is 4. The third-order valence-electron chi connectivity index (χ3n) is 17.8. The van der Waals surface area contributed by atoms with Gasteiger partial charge in [-0.3, -0.25) is 47.9 Å². The Hall–Kier alpha value is -8.82. The number of carbonyl (C=O) groups excluding carboxylic acids is 10. The molecule has 5 heterocycles. The van der Waals surface area contributed by atoms with E-state index in [1.165, 1.54) is 95.7 Å². The van der Waals surface area contributed by atoms with Crippen LogP contribution in [0.15, 0.2) is 97.3 Å². The average molecular weight is 1360 g/mol. The van der Waals surface area contributed by atoms with Crippen LogP contribution in [0, 0.1) is 17.6 Å². The lowest BCUT2D eigenvalue weighted by atomic mass is 9.90. The highest BCUT2D eigenvalue weighted by atomic mass is 32.2. The first-order chi connectivity index (χ1) is 46.1. The van der Waals surface area contributed by atoms with E-state index in [1.54, 1.807) is 24.5 Å². The van der Waals surface area contributed by atoms with Crippen molar-refractivity contribution in [2.45, 2.75) is 157 Å². The molecule has 2 bridgehead atoms. The number of phenolic OH excluding ortho intramolecular Hbond substituents is 1. The first-order valence-corrected chi connectivity index (χ1v) is 34.9. The molecule has 4 aromatic carbocycles. The van der Waals surface area contributed by atoms with Crippen molar-refractivity contribution in [1.29, 1.82) is 0 Å². The van der Waals surface area contributed by atoms with Crippen LogP contribution < -0.4 is 43.4 Å². The molecule has 23 nitrogen and oxygen atoms in total. The fourth-order valence-corrected chi connectivity index (χ4v) is 14.5. The number of nitrogens with two attached hydrogens (primary N) is 2. The molecule has 0 radical (unpaired) electrons. The van der Waals surface area contributed by atoms with Gasteiger partial charge in [0, 0.05) is 102 Å². The number of hydrogen-bond donors (Lipinski definition) is 11. The maximum atomic E-state index is 15.5. The van der Waals surface area contributed by atoms with E-state index in [0.29, 0.717) is 94.4 Å². The van der Waals surface area contributed by atoms with E-state index in [0.717, 1.165) is 11.1 Å². The van der Waals surface area contributed by atoms with Gasteiger partial charge >= 0.3 is 0 Å². The molecule has 9 atom stereocenters. The summed E-state index contributed by atoms with van der Waals surface area (Å²) in [6.07, 6.45) is 5.14. The number of carbonyl (C=O) groups is 10. The van der Waals surface area contributed by atoms with Gasteiger partial charge in [0.1, 0.15) is 59.7 Å². The molecule has 0 unspecified atom stereocenters. The number of hydrogen-bond acceptors (Lipinski definition) is 14. The largest absolute Gasteiger partial charge is 0.508 e. The van der Waals surface area contributed by atoms with E-state index in [2.05, 4.69) is 41.9 Å². The predicted octanol–water partition coefficient (Wildman–Crippen LogP) is 4.74. The number of nitrogens with one attached hydrogen (secondary N) is 8. The Bertz CT molecular complexity index is 3810. The highest BCUT2D eigenvalue weighted by Crippen LogP contribution is 2.29. The summed E-state index contributed by atoms with van der Waals surface area (Å²) in [4.78, 5) is 153. The molecule has 2 saturated heterocycles. The van der Waals surface area contributed by atoms with E-state index >= 15 is 9.59 Å². The molecule has 3 aliphatic heterocycles. The van der Waals surface area contributed by atoms with Gasteiger partial charge in [0.25, 0.3) is 0 Å². The summed E-state index contributed by atoms with van der Waals surface area (Å²) in [5, 5.41) is 27.7. The Kier molecular flexibility index (Phi) is 25.1. The second kappa shape index (κ2) is 33.7. The number of phenols is 1. The predicted molar refractivity (Wildman–Crippen MR) is 361 cm³/mol. The molecule has 6 aromatic rings. The molecular formula is C69H84F2N12O11S2. The van der Waals surface area contributed by atoms with Gasteiger partial charge in [0.2, 0.25) is 53.2 Å². The Morgan fingerprint density at radius 2 is 1.19 bits per heavy atom. The highest BCUT2D eigenvalue weighted by Gasteiger charge is 2.42. The van der Waals surface area contributed by atoms with Gasteiger partial charge in [-0.1, -0.05) is 36.4 Å². The highest BCUT2D eigenvalue weighted by molar-refractivity contribution is 7.98. The standard InChI is InChI=1S/C69H84F2N12O11S2/c1-39-60(85)31-44(29-45-34-74-52-20-16-47(70)32-50(45)52)64(89)80-56(30-46-35-75-53-21-17-48(71)33-51(46)53)69(94)82-24-6-4-12-58(82)66(91)77-40(2)63(88)79-55(28-41-14-18-49(84)19-15-41)68(93)83-25-8-13-59(83)67(92)81-57(62(73)87)38-96-37-43-10-7-9-42(27-43)36-95-26-22-61(86)78-54(65(90)76-39)11-3-5-23-72/h7,9-10,14-21,27,32-35,39-40,44,54-59,74-75,84H,3-6,8,11-13,22-26,28-31,36-38,72H2,1-2H3,(H2,73,87)(H,76,90)(H,77,91)(H,78,86)(H,79,88)(H,80,89)(H,81,92)/t39-,40+,44-,54+,55+,56+,57+,58+,59+/m1/s1. The minimum atomic E-state index is -1.48. The SMILES string of the molecule is C[C@@H]1NC(=O)[C@@H]2CCCCN2C(=O)[C@H](Cc2c[nH]c3ccc(F)cc23)NC(=O)[C@H](Cc2c[nH]c3ccc(F)cc23)CC(=O)[C@@H](C)NC(=O)[C@H](CCCCN)NC(=O)CCSCc2cccc(c2)CSC[C@@H](C(N)=O)NC(=O)[C@@H]2CCCN2C(=O)[C@H](Cc2ccc(O)cc2)NC1=O. The van der Waals surface area contributed by atoms with E-state index in [4.69, 9.17) is 11.5 Å². The number of rotatable bonds is 11. The summed E-state index contributed by atoms with van der Waals surface area (Å²) < 4.78 is 29.9. The van der Waals surface area contributed by atoms with Crippen molar-refractivity contribution in [2.24, 2.45) is 17.4 Å². The number of aromatic nitrogens is 2. The summed E-state index contributed by atoms with van der Waals surface area (Å²) in [5.74, 6) is -7.65. The maximum absolute atomic E-state index is 15.5. The Balaban J connectivity index is 1.02. The molecule has 2 aromatic heterocycles. The second-order valence-electron chi connectivity index (χ2n) is 25.0. The van der Waals surface area contributed by atoms with E-state index in [9.17, 15) is 52.2 Å². The van der Waals surface area contributed by atoms with Crippen LogP contribution in [0.25, 0.3) is 21.8 Å². The van der Waals surface area contributed by atoms with E-state index in [1.807, 2.05) is 24.3 Å². The molecule has 0 aliphatic carbocycles. The van der Waals surface area contributed by atoms with Crippen LogP contribution in [-0.2, 0) is 78.7 Å². The van der Waals surface area contributed by atoms with Gasteiger partial charge in [-0.2, -0.15) is 23.5 Å². The van der Waals surface area contributed by atoms with Crippen molar-refractivity contribution in [3.63, 3.8) is 0 Å². The van der Waals surface area contributed by atoms with Crippen molar-refractivity contribution < 1.29 is 61.8 Å². The monoisotopic (exact) mass is 1360 g/mol. The van der Waals surface area contributed by atoms with Gasteiger partial charge < -0.3 is 68.2 Å². The lowest BCUT2D eigenvalue weighted by Gasteiger charge is -2.37. The molecule has 9 rings (SSSR count). The van der Waals surface area contributed by atoms with Crippen molar-refractivity contribution in [3.05, 3.63) is 137 Å². The minimum absolute atomic E-state index is 0.0279. The third kappa shape index (κ3) is 19.0. The number of nitrogens with zero attached hydrogens (tertiary/aromatic N) is 2. The number of unbranched alkanes of at least 4 members (excludes halogenated alkanes) is 1. The molecule has 2 fully saturated rings. The van der Waals surface area contributed by atoms with Crippen LogP contribution in [-0.4, -0.2) is 163 Å². The lowest BCUT2D eigenvalue weighted by Crippen LogP contribution is -2.61. The van der Waals surface area contributed by atoms with Gasteiger partial charge in [0.05, 0.1) is 6.04 Å². The average Bonchev–Trinajstić information content (AvgIpc) is 1.84. The lowest BCUT2D eigenvalue weighted by molar-refractivity contribution is -0.146. The van der Waals surface area contributed by atoms with Crippen LogP contribution in [0.1, 0.15) is 106 Å². The number of fused-ring (bicyclic) bond motifs is 6. The molecule has 9 amide bonds. The Morgan fingerprint density at radius 3 is 1.83 bits per heavy atom. The molecule has 0 saturated carbocycles. The molecule has 96 heavy (non-hydrogen) atoms. The zero-order valence-electron chi connectivity index (χ0n) is 53.7. The van der Waals surface area contributed by atoms with Gasteiger partial charge in [-0.15, -0.1) is 0 Å². The number of ketones is 1. The number of amides is 9. The first-order valence-electron chi connectivity index (χ1n) is 32.6. The molecule has 0 spiro atoms. The third-order valence-corrected chi connectivity index (χ3v) is 20.0. The molecule has 27 heteroatoms. The molecular weight excluding hydrogens is 1270 g/mol. The van der Waals surface area contributed by atoms with Crippen LogP contribution in [0.4, 0.5) is 8.78 Å². The summed E-state index contributed by atoms with van der Waals surface area (Å²) in [5.41, 5.74) is 16.0. The van der Waals surface area contributed by atoms with Gasteiger partial charge in [0.15, 0.2) is 5.78 Å². The van der Waals surface area contributed by atoms with Gasteiger partial charge in [-0.25, -0.2) is 8.78 Å². The van der Waals surface area contributed by atoms with E-state index in [-0.39, 0.29) is 69.5 Å². The summed E-state index contributed by atoms with van der Waals surface area (Å²) in [6, 6.07) is 12.1. The zero-order chi connectivity index (χ0) is 68.6. The van der Waals surface area contributed by atoms with Crippen molar-refractivity contribution in [2.75, 3.05) is 31.1 Å². The fraction of sp³-hybridized carbons (Fsp3) is 0.449. The first kappa shape index (κ1) is 71.5. The van der Waals surface area contributed by atoms with Crippen LogP contribution in [0.3, 0.4) is 0 Å². The number of H-pyrrole nitrogens is 2. The number of Topliss-reactive ketones (excluding diaryl/α,β-unsaturated/α-hetero) is 1. The van der Waals surface area contributed by atoms with Crippen molar-refractivity contribution in [3.8, 4) is 5.75 Å². The second-order valence-corrected chi connectivity index (χ2v) is 27.1. The number of halogens is 2. The fourth-order valence-electron chi connectivity index (χ4n) is 12.5. The molecule has 13 N–H and O–H groups in total. The Labute approximate surface area is 563 Å². The van der Waals surface area contributed by atoms with Crippen LogP contribution in [0.5, 0.6) is 5.75 Å². The van der Waals surface area contributed by atoms with Gasteiger partial charge in [-0.05, 0) is 155 Å². The summed E-state index contributed by atoms with van der Waals surface area (Å²) >= 11 is 2.87. The van der Waals surface area contributed by atoms with Crippen molar-refractivity contribution >= 4 is 104 Å².